The molecule has 2 aliphatic rings. The van der Waals surface area contributed by atoms with Gasteiger partial charge in [0, 0.05) is 6.54 Å². The molecule has 4 nitrogen and oxygen atoms in total. The molecule has 0 radical (unpaired) electrons. The molecule has 4 heteroatoms. The highest BCUT2D eigenvalue weighted by atomic mass is 16.6. The van der Waals surface area contributed by atoms with Gasteiger partial charge in [0.2, 0.25) is 0 Å². The number of ether oxygens (including phenoxy) is 2. The van der Waals surface area contributed by atoms with Gasteiger partial charge in [0.15, 0.2) is 0 Å². The molecule has 1 aliphatic heterocycles. The Kier molecular flexibility index (Phi) is 6.00. The number of carbonyl (C=O) groups is 1. The second-order valence-electron chi connectivity index (χ2n) is 8.17. The molecule has 0 N–H and O–H groups in total. The Bertz CT molecular complexity index is 853. The van der Waals surface area contributed by atoms with Crippen molar-refractivity contribution in [3.8, 4) is 11.1 Å². The van der Waals surface area contributed by atoms with Gasteiger partial charge < -0.3 is 9.47 Å². The van der Waals surface area contributed by atoms with Crippen molar-refractivity contribution in [1.82, 2.24) is 4.90 Å². The zero-order chi connectivity index (χ0) is 20.1. The van der Waals surface area contributed by atoms with Crippen molar-refractivity contribution >= 4 is 6.09 Å². The van der Waals surface area contributed by atoms with Gasteiger partial charge in [-0.3, -0.25) is 4.90 Å². The minimum atomic E-state index is -0.233. The van der Waals surface area contributed by atoms with Gasteiger partial charge in [-0.15, -0.1) is 6.58 Å². The Morgan fingerprint density at radius 2 is 1.83 bits per heavy atom. The summed E-state index contributed by atoms with van der Waals surface area (Å²) in [6, 6.07) is 16.8. The molecular weight excluding hydrogens is 362 g/mol. The fourth-order valence-electron chi connectivity index (χ4n) is 4.39. The Labute approximate surface area is 173 Å². The monoisotopic (exact) mass is 391 g/mol. The maximum absolute atomic E-state index is 12.4. The summed E-state index contributed by atoms with van der Waals surface area (Å²) < 4.78 is 11.3. The van der Waals surface area contributed by atoms with E-state index in [0.717, 1.165) is 54.5 Å². The molecule has 1 aliphatic carbocycles. The van der Waals surface area contributed by atoms with E-state index in [1.54, 1.807) is 6.08 Å². The Hall–Kier alpha value is -2.59. The van der Waals surface area contributed by atoms with Crippen LogP contribution in [0.15, 0.2) is 61.2 Å². The maximum Gasteiger partial charge on any atom is 0.410 e. The van der Waals surface area contributed by atoms with E-state index in [9.17, 15) is 4.79 Å². The summed E-state index contributed by atoms with van der Waals surface area (Å²) in [5, 5.41) is 0. The van der Waals surface area contributed by atoms with Gasteiger partial charge in [-0.05, 0) is 54.0 Å². The van der Waals surface area contributed by atoms with Crippen LogP contribution in [0.5, 0.6) is 0 Å². The summed E-state index contributed by atoms with van der Waals surface area (Å²) in [5.74, 6) is 0. The SMILES string of the molecule is C=CCOCc1cccc(-c2ccc(CN3CC4(CCCCC4)OC3=O)cc2)c1. The number of nitrogens with zero attached hydrogens (tertiary/aromatic N) is 1. The number of rotatable bonds is 7. The van der Waals surface area contributed by atoms with Crippen molar-refractivity contribution < 1.29 is 14.3 Å². The lowest BCUT2D eigenvalue weighted by molar-refractivity contribution is 0.0260. The van der Waals surface area contributed by atoms with Crippen LogP contribution >= 0.6 is 0 Å². The molecule has 1 saturated carbocycles. The predicted molar refractivity (Wildman–Crippen MR) is 114 cm³/mol. The highest BCUT2D eigenvalue weighted by Gasteiger charge is 2.45. The number of amides is 1. The van der Waals surface area contributed by atoms with Gasteiger partial charge in [0.05, 0.1) is 19.8 Å². The van der Waals surface area contributed by atoms with E-state index >= 15 is 0 Å². The van der Waals surface area contributed by atoms with Crippen LogP contribution in [-0.2, 0) is 22.6 Å². The number of benzene rings is 2. The first kappa shape index (κ1) is 19.7. The number of carbonyl (C=O) groups excluding carboxylic acids is 1. The van der Waals surface area contributed by atoms with Crippen LogP contribution in [0.25, 0.3) is 11.1 Å². The van der Waals surface area contributed by atoms with Crippen LogP contribution < -0.4 is 0 Å². The first-order chi connectivity index (χ1) is 14.2. The van der Waals surface area contributed by atoms with Crippen molar-refractivity contribution in [3.63, 3.8) is 0 Å². The minimum Gasteiger partial charge on any atom is -0.441 e. The van der Waals surface area contributed by atoms with Gasteiger partial charge >= 0.3 is 6.09 Å². The van der Waals surface area contributed by atoms with E-state index in [-0.39, 0.29) is 11.7 Å². The van der Waals surface area contributed by atoms with E-state index in [4.69, 9.17) is 9.47 Å². The fourth-order valence-corrected chi connectivity index (χ4v) is 4.39. The molecule has 1 saturated heterocycles. The zero-order valence-electron chi connectivity index (χ0n) is 16.9. The lowest BCUT2D eigenvalue weighted by Gasteiger charge is -2.30. The fraction of sp³-hybridized carbons (Fsp3) is 0.400. The summed E-state index contributed by atoms with van der Waals surface area (Å²) >= 11 is 0. The third-order valence-corrected chi connectivity index (χ3v) is 5.90. The minimum absolute atomic E-state index is 0.164. The molecule has 2 aromatic rings. The van der Waals surface area contributed by atoms with Crippen LogP contribution in [0, 0.1) is 0 Å². The number of hydrogen-bond donors (Lipinski definition) is 0. The Morgan fingerprint density at radius 3 is 2.59 bits per heavy atom. The second-order valence-corrected chi connectivity index (χ2v) is 8.17. The lowest BCUT2D eigenvalue weighted by Crippen LogP contribution is -2.36. The van der Waals surface area contributed by atoms with Crippen molar-refractivity contribution in [3.05, 3.63) is 72.3 Å². The summed E-state index contributed by atoms with van der Waals surface area (Å²) in [6.45, 7) is 6.14. The molecule has 2 fully saturated rings. The molecule has 0 unspecified atom stereocenters. The van der Waals surface area contributed by atoms with Crippen LogP contribution in [0.2, 0.25) is 0 Å². The van der Waals surface area contributed by atoms with E-state index in [1.165, 1.54) is 6.42 Å². The highest BCUT2D eigenvalue weighted by molar-refractivity contribution is 5.71. The Morgan fingerprint density at radius 1 is 1.03 bits per heavy atom. The molecule has 29 heavy (non-hydrogen) atoms. The Balaban J connectivity index is 1.40. The normalized spacial score (nSPS) is 18.1. The van der Waals surface area contributed by atoms with Crippen molar-refractivity contribution in [2.75, 3.05) is 13.2 Å². The van der Waals surface area contributed by atoms with E-state index in [0.29, 0.717) is 19.8 Å². The van der Waals surface area contributed by atoms with Gasteiger partial charge in [-0.25, -0.2) is 4.79 Å². The molecule has 152 valence electrons. The van der Waals surface area contributed by atoms with Crippen LogP contribution in [0.3, 0.4) is 0 Å². The van der Waals surface area contributed by atoms with Gasteiger partial charge in [0.25, 0.3) is 0 Å². The average Bonchev–Trinajstić information content (AvgIpc) is 3.03. The molecule has 1 amide bonds. The maximum atomic E-state index is 12.4. The van der Waals surface area contributed by atoms with Crippen LogP contribution in [-0.4, -0.2) is 29.7 Å². The third-order valence-electron chi connectivity index (χ3n) is 5.90. The van der Waals surface area contributed by atoms with E-state index in [1.807, 2.05) is 4.90 Å². The van der Waals surface area contributed by atoms with E-state index < -0.39 is 0 Å². The third kappa shape index (κ3) is 4.70. The zero-order valence-corrected chi connectivity index (χ0v) is 16.9. The standard InChI is InChI=1S/C25H29NO3/c1-2-15-28-18-21-7-6-8-23(16-21)22-11-9-20(10-12-22)17-26-19-25(29-24(26)27)13-4-3-5-14-25/h2,6-12,16H,1,3-5,13-15,17-19H2. The van der Waals surface area contributed by atoms with Gasteiger partial charge in [-0.1, -0.05) is 55.0 Å². The first-order valence-corrected chi connectivity index (χ1v) is 10.5. The molecule has 1 spiro atoms. The summed E-state index contributed by atoms with van der Waals surface area (Å²) in [7, 11) is 0. The summed E-state index contributed by atoms with van der Waals surface area (Å²) in [5.41, 5.74) is 4.36. The smallest absolute Gasteiger partial charge is 0.410 e. The molecule has 1 heterocycles. The van der Waals surface area contributed by atoms with Crippen molar-refractivity contribution in [2.24, 2.45) is 0 Å². The molecule has 0 aromatic heterocycles. The topological polar surface area (TPSA) is 38.8 Å². The molecule has 4 rings (SSSR count). The average molecular weight is 392 g/mol. The quantitative estimate of drug-likeness (QED) is 0.448. The van der Waals surface area contributed by atoms with Gasteiger partial charge in [0.1, 0.15) is 5.60 Å². The van der Waals surface area contributed by atoms with Crippen molar-refractivity contribution in [2.45, 2.75) is 50.9 Å². The van der Waals surface area contributed by atoms with Crippen LogP contribution in [0.1, 0.15) is 43.2 Å². The lowest BCUT2D eigenvalue weighted by atomic mass is 9.85. The second kappa shape index (κ2) is 8.83. The predicted octanol–water partition coefficient (Wildman–Crippen LogP) is 5.71. The first-order valence-electron chi connectivity index (χ1n) is 10.5. The van der Waals surface area contributed by atoms with Crippen molar-refractivity contribution in [1.29, 1.82) is 0 Å². The molecule has 0 atom stereocenters. The van der Waals surface area contributed by atoms with Crippen LogP contribution in [0.4, 0.5) is 4.79 Å². The molecular formula is C25H29NO3. The molecule has 2 aromatic carbocycles. The number of hydrogen-bond acceptors (Lipinski definition) is 3. The highest BCUT2D eigenvalue weighted by Crippen LogP contribution is 2.37. The summed E-state index contributed by atoms with van der Waals surface area (Å²) in [6.07, 6.45) is 7.17. The summed E-state index contributed by atoms with van der Waals surface area (Å²) in [4.78, 5) is 14.2. The largest absolute Gasteiger partial charge is 0.441 e. The van der Waals surface area contributed by atoms with E-state index in [2.05, 4.69) is 55.1 Å². The van der Waals surface area contributed by atoms with Gasteiger partial charge in [-0.2, -0.15) is 0 Å². The molecule has 0 bridgehead atoms.